The summed E-state index contributed by atoms with van der Waals surface area (Å²) in [6, 6.07) is 11.2. The third-order valence-electron chi connectivity index (χ3n) is 3.22. The Hall–Kier alpha value is -0.530. The first-order chi connectivity index (χ1) is 7.27. The van der Waals surface area contributed by atoms with Gasteiger partial charge in [0.1, 0.15) is 0 Å². The first-order valence-electron chi connectivity index (χ1n) is 5.70. The molecule has 0 aliphatic carbocycles. The monoisotopic (exact) mass is 223 g/mol. The highest BCUT2D eigenvalue weighted by Gasteiger charge is 2.22. The first-order valence-corrected chi connectivity index (χ1v) is 6.14. The third-order valence-corrected chi connectivity index (χ3v) is 3.58. The molecule has 0 radical (unpaired) electrons. The van der Waals surface area contributed by atoms with Crippen LogP contribution >= 0.6 is 11.6 Å². The van der Waals surface area contributed by atoms with Gasteiger partial charge in [-0.25, -0.2) is 0 Å². The van der Waals surface area contributed by atoms with E-state index in [4.69, 9.17) is 11.6 Å². The fourth-order valence-corrected chi connectivity index (χ4v) is 2.58. The number of likely N-dealkylation sites (tertiary alicyclic amines) is 1. The van der Waals surface area contributed by atoms with E-state index in [9.17, 15) is 0 Å². The summed E-state index contributed by atoms with van der Waals surface area (Å²) in [5, 5.41) is 0.338. The first kappa shape index (κ1) is 11.0. The number of hydrogen-bond donors (Lipinski definition) is 0. The van der Waals surface area contributed by atoms with Gasteiger partial charge in [-0.05, 0) is 31.9 Å². The second-order valence-electron chi connectivity index (χ2n) is 4.32. The van der Waals surface area contributed by atoms with Gasteiger partial charge in [0.15, 0.2) is 0 Å². The van der Waals surface area contributed by atoms with E-state index in [-0.39, 0.29) is 0 Å². The molecule has 2 atom stereocenters. The minimum atomic E-state index is 0.338. The number of nitrogens with zero attached hydrogens (tertiary/aromatic N) is 1. The number of halogens is 1. The zero-order chi connectivity index (χ0) is 10.7. The smallest absolute Gasteiger partial charge is 0.0463 e. The van der Waals surface area contributed by atoms with Gasteiger partial charge in [0.25, 0.3) is 0 Å². The zero-order valence-electron chi connectivity index (χ0n) is 9.20. The van der Waals surface area contributed by atoms with E-state index >= 15 is 0 Å². The number of hydrogen-bond acceptors (Lipinski definition) is 1. The quantitative estimate of drug-likeness (QED) is 0.695. The van der Waals surface area contributed by atoms with E-state index in [2.05, 4.69) is 42.2 Å². The molecule has 1 aliphatic heterocycles. The summed E-state index contributed by atoms with van der Waals surface area (Å²) >= 11 is 6.20. The standard InChI is InChI=1S/C13H18ClN/c1-11(12-6-3-2-4-7-12)15-9-5-8-13(14)10-15/h2-4,6-7,11,13H,5,8-10H2,1H3/t11?,13-/m0/s1. The van der Waals surface area contributed by atoms with Crippen molar-refractivity contribution in [3.8, 4) is 0 Å². The lowest BCUT2D eigenvalue weighted by Gasteiger charge is -2.34. The summed E-state index contributed by atoms with van der Waals surface area (Å²) < 4.78 is 0. The van der Waals surface area contributed by atoms with Crippen LogP contribution in [0.2, 0.25) is 0 Å². The van der Waals surface area contributed by atoms with E-state index in [1.54, 1.807) is 0 Å². The molecule has 0 spiro atoms. The van der Waals surface area contributed by atoms with Crippen LogP contribution in [0.3, 0.4) is 0 Å². The summed E-state index contributed by atoms with van der Waals surface area (Å²) in [6.07, 6.45) is 2.39. The summed E-state index contributed by atoms with van der Waals surface area (Å²) in [6.45, 7) is 4.47. The van der Waals surface area contributed by atoms with E-state index in [1.165, 1.54) is 24.9 Å². The lowest BCUT2D eigenvalue weighted by atomic mass is 10.0. The van der Waals surface area contributed by atoms with E-state index < -0.39 is 0 Å². The Labute approximate surface area is 97.0 Å². The van der Waals surface area contributed by atoms with Crippen molar-refractivity contribution in [1.82, 2.24) is 4.90 Å². The number of piperidine rings is 1. The molecule has 82 valence electrons. The average molecular weight is 224 g/mol. The van der Waals surface area contributed by atoms with Crippen molar-refractivity contribution in [1.29, 1.82) is 0 Å². The molecule has 1 aromatic carbocycles. The molecule has 1 fully saturated rings. The van der Waals surface area contributed by atoms with Crippen molar-refractivity contribution in [2.75, 3.05) is 13.1 Å². The molecule has 2 rings (SSSR count). The molecule has 0 saturated carbocycles. The summed E-state index contributed by atoms with van der Waals surface area (Å²) in [5.41, 5.74) is 1.39. The van der Waals surface area contributed by atoms with Crippen LogP contribution in [0.15, 0.2) is 30.3 Å². The van der Waals surface area contributed by atoms with Crippen molar-refractivity contribution in [3.63, 3.8) is 0 Å². The molecule has 0 aromatic heterocycles. The van der Waals surface area contributed by atoms with E-state index in [0.717, 1.165) is 6.54 Å². The highest BCUT2D eigenvalue weighted by molar-refractivity contribution is 6.20. The van der Waals surface area contributed by atoms with E-state index in [0.29, 0.717) is 11.4 Å². The molecule has 1 unspecified atom stereocenters. The van der Waals surface area contributed by atoms with Crippen molar-refractivity contribution in [3.05, 3.63) is 35.9 Å². The van der Waals surface area contributed by atoms with Gasteiger partial charge >= 0.3 is 0 Å². The third kappa shape index (κ3) is 2.73. The minimum Gasteiger partial charge on any atom is -0.295 e. The maximum atomic E-state index is 6.20. The molecule has 15 heavy (non-hydrogen) atoms. The van der Waals surface area contributed by atoms with Crippen LogP contribution in [0.25, 0.3) is 0 Å². The Kier molecular flexibility index (Phi) is 3.66. The van der Waals surface area contributed by atoms with Crippen LogP contribution in [0.4, 0.5) is 0 Å². The molecule has 1 nitrogen and oxygen atoms in total. The summed E-state index contributed by atoms with van der Waals surface area (Å²) in [5.74, 6) is 0. The van der Waals surface area contributed by atoms with Gasteiger partial charge in [0.05, 0.1) is 0 Å². The van der Waals surface area contributed by atoms with Crippen LogP contribution in [0, 0.1) is 0 Å². The van der Waals surface area contributed by atoms with Gasteiger partial charge < -0.3 is 0 Å². The SMILES string of the molecule is CC(c1ccccc1)N1CCC[C@H](Cl)C1. The van der Waals surface area contributed by atoms with Crippen LogP contribution in [0.5, 0.6) is 0 Å². The Morgan fingerprint density at radius 1 is 1.33 bits per heavy atom. The maximum absolute atomic E-state index is 6.20. The average Bonchev–Trinajstić information content (AvgIpc) is 2.29. The molecular formula is C13H18ClN. The zero-order valence-corrected chi connectivity index (χ0v) is 9.95. The van der Waals surface area contributed by atoms with Gasteiger partial charge in [0.2, 0.25) is 0 Å². The molecule has 1 saturated heterocycles. The van der Waals surface area contributed by atoms with Gasteiger partial charge in [0, 0.05) is 18.0 Å². The normalized spacial score (nSPS) is 25.1. The minimum absolute atomic E-state index is 0.338. The van der Waals surface area contributed by atoms with Crippen molar-refractivity contribution >= 4 is 11.6 Å². The van der Waals surface area contributed by atoms with Crippen LogP contribution in [-0.2, 0) is 0 Å². The molecule has 0 N–H and O–H groups in total. The highest BCUT2D eigenvalue weighted by Crippen LogP contribution is 2.25. The van der Waals surface area contributed by atoms with Crippen molar-refractivity contribution in [2.24, 2.45) is 0 Å². The van der Waals surface area contributed by atoms with Gasteiger partial charge in [-0.2, -0.15) is 0 Å². The van der Waals surface area contributed by atoms with Crippen LogP contribution in [0.1, 0.15) is 31.4 Å². The largest absolute Gasteiger partial charge is 0.295 e. The number of benzene rings is 1. The predicted molar refractivity (Wildman–Crippen MR) is 65.3 cm³/mol. The molecule has 0 bridgehead atoms. The highest BCUT2D eigenvalue weighted by atomic mass is 35.5. The van der Waals surface area contributed by atoms with Gasteiger partial charge in [-0.3, -0.25) is 4.90 Å². The Morgan fingerprint density at radius 2 is 2.07 bits per heavy atom. The Balaban J connectivity index is 2.04. The second-order valence-corrected chi connectivity index (χ2v) is 4.94. The Bertz CT molecular complexity index is 299. The molecule has 0 amide bonds. The number of alkyl halides is 1. The predicted octanol–water partition coefficient (Wildman–Crippen LogP) is 3.45. The summed E-state index contributed by atoms with van der Waals surface area (Å²) in [4.78, 5) is 2.48. The summed E-state index contributed by atoms with van der Waals surface area (Å²) in [7, 11) is 0. The molecule has 1 heterocycles. The lowest BCUT2D eigenvalue weighted by Crippen LogP contribution is -2.37. The lowest BCUT2D eigenvalue weighted by molar-refractivity contribution is 0.177. The fraction of sp³-hybridized carbons (Fsp3) is 0.538. The van der Waals surface area contributed by atoms with Crippen molar-refractivity contribution in [2.45, 2.75) is 31.2 Å². The van der Waals surface area contributed by atoms with Gasteiger partial charge in [-0.1, -0.05) is 30.3 Å². The van der Waals surface area contributed by atoms with Crippen LogP contribution < -0.4 is 0 Å². The van der Waals surface area contributed by atoms with E-state index in [1.807, 2.05) is 0 Å². The second kappa shape index (κ2) is 5.00. The molecule has 2 heteroatoms. The van der Waals surface area contributed by atoms with Crippen molar-refractivity contribution < 1.29 is 0 Å². The Morgan fingerprint density at radius 3 is 2.73 bits per heavy atom. The molecular weight excluding hydrogens is 206 g/mol. The topological polar surface area (TPSA) is 3.24 Å². The van der Waals surface area contributed by atoms with Crippen LogP contribution in [-0.4, -0.2) is 23.4 Å². The number of rotatable bonds is 2. The molecule has 1 aromatic rings. The fourth-order valence-electron chi connectivity index (χ4n) is 2.25. The molecule has 1 aliphatic rings. The van der Waals surface area contributed by atoms with Gasteiger partial charge in [-0.15, -0.1) is 11.6 Å². The maximum Gasteiger partial charge on any atom is 0.0463 e.